The van der Waals surface area contributed by atoms with Gasteiger partial charge in [-0.15, -0.1) is 0 Å². The summed E-state index contributed by atoms with van der Waals surface area (Å²) in [5.41, 5.74) is 3.58. The van der Waals surface area contributed by atoms with Crippen LogP contribution >= 0.6 is 11.8 Å². The largest absolute Gasteiger partial charge is 0.324 e. The zero-order valence-electron chi connectivity index (χ0n) is 11.3. The lowest BCUT2D eigenvalue weighted by molar-refractivity contribution is -0.113. The molecule has 2 heterocycles. The number of benzene rings is 1. The molecule has 0 bridgehead atoms. The number of aliphatic imine (C=N–C) groups is 1. The van der Waals surface area contributed by atoms with Crippen molar-refractivity contribution in [1.29, 1.82) is 0 Å². The van der Waals surface area contributed by atoms with Crippen LogP contribution in [0.4, 0.5) is 0 Å². The summed E-state index contributed by atoms with van der Waals surface area (Å²) < 4.78 is 1.82. The Morgan fingerprint density at radius 1 is 1.09 bits per heavy atom. The van der Waals surface area contributed by atoms with E-state index in [0.717, 1.165) is 23.0 Å². The molecule has 1 aromatic carbocycles. The molecule has 2 aromatic rings. The fraction of sp³-hybridized carbons (Fsp3) is 0. The van der Waals surface area contributed by atoms with Gasteiger partial charge in [-0.05, 0) is 35.5 Å². The SMILES string of the molecule is O=C1N=C(NO)S/C1=C\c1ccc(-n2ccc(=O)cc2)cc1. The van der Waals surface area contributed by atoms with Crippen molar-refractivity contribution < 1.29 is 10.0 Å². The van der Waals surface area contributed by atoms with Crippen LogP contribution in [0.25, 0.3) is 11.8 Å². The number of amidine groups is 1. The molecule has 0 saturated heterocycles. The van der Waals surface area contributed by atoms with Gasteiger partial charge in [0.05, 0.1) is 4.91 Å². The fourth-order valence-electron chi connectivity index (χ4n) is 1.94. The quantitative estimate of drug-likeness (QED) is 0.652. The van der Waals surface area contributed by atoms with E-state index in [2.05, 4.69) is 4.99 Å². The van der Waals surface area contributed by atoms with Crippen LogP contribution in [0.5, 0.6) is 0 Å². The van der Waals surface area contributed by atoms with Crippen LogP contribution in [0.2, 0.25) is 0 Å². The Morgan fingerprint density at radius 3 is 2.36 bits per heavy atom. The van der Waals surface area contributed by atoms with Gasteiger partial charge in [0.25, 0.3) is 5.91 Å². The minimum atomic E-state index is -0.383. The molecule has 1 amide bonds. The normalized spacial score (nSPS) is 16.0. The van der Waals surface area contributed by atoms with Crippen molar-refractivity contribution in [2.75, 3.05) is 0 Å². The molecule has 3 rings (SSSR count). The lowest BCUT2D eigenvalue weighted by atomic mass is 10.2. The first-order valence-electron chi connectivity index (χ1n) is 6.37. The van der Waals surface area contributed by atoms with Crippen molar-refractivity contribution in [3.8, 4) is 5.69 Å². The maximum Gasteiger partial charge on any atom is 0.286 e. The van der Waals surface area contributed by atoms with Crippen molar-refractivity contribution in [3.05, 3.63) is 69.5 Å². The standard InChI is InChI=1S/C15H11N3O3S/c19-12-5-7-18(8-6-12)11-3-1-10(2-4-11)9-13-14(20)16-15(17-21)22-13/h1-9,21H,(H,16,17,20)/b13-9-. The van der Waals surface area contributed by atoms with E-state index in [0.29, 0.717) is 4.91 Å². The average molecular weight is 313 g/mol. The molecule has 0 spiro atoms. The molecule has 0 radical (unpaired) electrons. The Balaban J connectivity index is 1.82. The second-order valence-electron chi connectivity index (χ2n) is 4.48. The van der Waals surface area contributed by atoms with Crippen LogP contribution < -0.4 is 10.9 Å². The highest BCUT2D eigenvalue weighted by molar-refractivity contribution is 8.18. The van der Waals surface area contributed by atoms with Gasteiger partial charge >= 0.3 is 0 Å². The number of amides is 1. The molecule has 0 unspecified atom stereocenters. The number of rotatable bonds is 2. The lowest BCUT2D eigenvalue weighted by Crippen LogP contribution is -2.12. The third kappa shape index (κ3) is 3.00. The number of aromatic nitrogens is 1. The van der Waals surface area contributed by atoms with E-state index in [1.54, 1.807) is 18.5 Å². The molecule has 0 atom stereocenters. The number of hydrogen-bond acceptors (Lipinski definition) is 5. The average Bonchev–Trinajstić information content (AvgIpc) is 2.89. The summed E-state index contributed by atoms with van der Waals surface area (Å²) in [5.74, 6) is -0.383. The molecule has 2 N–H and O–H groups in total. The molecule has 0 fully saturated rings. The van der Waals surface area contributed by atoms with Gasteiger partial charge in [0.1, 0.15) is 0 Å². The number of carbonyl (C=O) groups is 1. The molecule has 0 aliphatic carbocycles. The zero-order valence-corrected chi connectivity index (χ0v) is 12.1. The molecule has 7 heteroatoms. The molecule has 1 aliphatic heterocycles. The van der Waals surface area contributed by atoms with E-state index < -0.39 is 0 Å². The van der Waals surface area contributed by atoms with E-state index in [4.69, 9.17) is 5.21 Å². The minimum Gasteiger partial charge on any atom is -0.324 e. The maximum atomic E-state index is 11.6. The highest BCUT2D eigenvalue weighted by Crippen LogP contribution is 2.27. The van der Waals surface area contributed by atoms with Crippen molar-refractivity contribution >= 4 is 28.9 Å². The van der Waals surface area contributed by atoms with Gasteiger partial charge in [0, 0.05) is 30.2 Å². The number of pyridine rings is 1. The van der Waals surface area contributed by atoms with Crippen LogP contribution in [0, 0.1) is 0 Å². The number of nitrogens with zero attached hydrogens (tertiary/aromatic N) is 2. The summed E-state index contributed by atoms with van der Waals surface area (Å²) in [6, 6.07) is 10.5. The maximum absolute atomic E-state index is 11.6. The number of hydroxylamine groups is 1. The van der Waals surface area contributed by atoms with Crippen LogP contribution in [-0.4, -0.2) is 20.8 Å². The Morgan fingerprint density at radius 2 is 1.77 bits per heavy atom. The summed E-state index contributed by atoms with van der Waals surface area (Å²) in [6.07, 6.45) is 5.09. The molecular formula is C15H11N3O3S. The van der Waals surface area contributed by atoms with Crippen LogP contribution in [-0.2, 0) is 4.79 Å². The van der Waals surface area contributed by atoms with Gasteiger partial charge in [-0.3, -0.25) is 14.8 Å². The van der Waals surface area contributed by atoms with Gasteiger partial charge in [-0.2, -0.15) is 4.99 Å². The Hall–Kier alpha value is -2.64. The van der Waals surface area contributed by atoms with Crippen LogP contribution in [0.15, 0.2) is 63.5 Å². The van der Waals surface area contributed by atoms with Gasteiger partial charge in [-0.25, -0.2) is 5.48 Å². The minimum absolute atomic E-state index is 0.0392. The summed E-state index contributed by atoms with van der Waals surface area (Å²) in [4.78, 5) is 26.8. The summed E-state index contributed by atoms with van der Waals surface area (Å²) in [7, 11) is 0. The smallest absolute Gasteiger partial charge is 0.286 e. The molecular weight excluding hydrogens is 302 g/mol. The second kappa shape index (κ2) is 6.00. The molecule has 1 aromatic heterocycles. The third-order valence-corrected chi connectivity index (χ3v) is 3.89. The molecule has 6 nitrogen and oxygen atoms in total. The lowest BCUT2D eigenvalue weighted by Gasteiger charge is -2.06. The molecule has 0 saturated carbocycles. The predicted molar refractivity (Wildman–Crippen MR) is 85.0 cm³/mol. The highest BCUT2D eigenvalue weighted by Gasteiger charge is 2.21. The topological polar surface area (TPSA) is 83.7 Å². The van der Waals surface area contributed by atoms with Crippen molar-refractivity contribution in [2.24, 2.45) is 4.99 Å². The number of hydrogen-bond donors (Lipinski definition) is 2. The number of thioether (sulfide) groups is 1. The van der Waals surface area contributed by atoms with Crippen molar-refractivity contribution in [2.45, 2.75) is 0 Å². The Kier molecular flexibility index (Phi) is 3.90. The number of nitrogens with one attached hydrogen (secondary N) is 1. The zero-order chi connectivity index (χ0) is 15.5. The van der Waals surface area contributed by atoms with E-state index >= 15 is 0 Å². The van der Waals surface area contributed by atoms with E-state index in [9.17, 15) is 9.59 Å². The number of carbonyl (C=O) groups excluding carboxylic acids is 1. The van der Waals surface area contributed by atoms with Gasteiger partial charge < -0.3 is 4.57 Å². The third-order valence-electron chi connectivity index (χ3n) is 3.00. The van der Waals surface area contributed by atoms with Crippen molar-refractivity contribution in [3.63, 3.8) is 0 Å². The first-order valence-corrected chi connectivity index (χ1v) is 7.19. The summed E-state index contributed by atoms with van der Waals surface area (Å²) in [5, 5.41) is 8.91. The fourth-order valence-corrected chi connectivity index (χ4v) is 2.65. The summed E-state index contributed by atoms with van der Waals surface area (Å²) in [6.45, 7) is 0. The first kappa shape index (κ1) is 14.3. The Labute approximate surface area is 129 Å². The second-order valence-corrected chi connectivity index (χ2v) is 5.51. The monoisotopic (exact) mass is 313 g/mol. The van der Waals surface area contributed by atoms with E-state index in [1.807, 2.05) is 34.3 Å². The van der Waals surface area contributed by atoms with Gasteiger partial charge in [0.2, 0.25) is 0 Å². The van der Waals surface area contributed by atoms with Crippen molar-refractivity contribution in [1.82, 2.24) is 10.0 Å². The molecule has 22 heavy (non-hydrogen) atoms. The molecule has 110 valence electrons. The van der Waals surface area contributed by atoms with E-state index in [-0.39, 0.29) is 16.5 Å². The highest BCUT2D eigenvalue weighted by atomic mass is 32.2. The van der Waals surface area contributed by atoms with Gasteiger partial charge in [-0.1, -0.05) is 12.1 Å². The molecule has 1 aliphatic rings. The van der Waals surface area contributed by atoms with Crippen LogP contribution in [0.1, 0.15) is 5.56 Å². The Bertz CT molecular complexity index is 817. The predicted octanol–water partition coefficient (Wildman–Crippen LogP) is 1.79. The van der Waals surface area contributed by atoms with Gasteiger partial charge in [0.15, 0.2) is 10.6 Å². The van der Waals surface area contributed by atoms with Crippen LogP contribution in [0.3, 0.4) is 0 Å². The van der Waals surface area contributed by atoms with E-state index in [1.165, 1.54) is 12.1 Å². The summed E-state index contributed by atoms with van der Waals surface area (Å²) >= 11 is 1.08. The first-order chi connectivity index (χ1) is 10.7.